The second-order valence-corrected chi connectivity index (χ2v) is 7.98. The Morgan fingerprint density at radius 2 is 1.19 bits per heavy atom. The minimum absolute atomic E-state index is 0.221. The van der Waals surface area contributed by atoms with Gasteiger partial charge in [0.1, 0.15) is 61.0 Å². The number of ether oxygens (including phenoxy) is 5. The summed E-state index contributed by atoms with van der Waals surface area (Å²) in [6, 6.07) is -1.28. The van der Waals surface area contributed by atoms with Gasteiger partial charge in [0.15, 0.2) is 18.9 Å². The van der Waals surface area contributed by atoms with Gasteiger partial charge in [0.05, 0.1) is 19.3 Å². The summed E-state index contributed by atoms with van der Waals surface area (Å²) in [7, 11) is 0. The van der Waals surface area contributed by atoms with Crippen molar-refractivity contribution < 1.29 is 64.5 Å². The minimum Gasteiger partial charge on any atom is -0.394 e. The number of aliphatic hydroxyl groups excluding tert-OH is 8. The van der Waals surface area contributed by atoms with E-state index in [1.54, 1.807) is 0 Å². The molecule has 0 amide bonds. The molecule has 0 radical (unpaired) electrons. The molecular weight excluding hydrogens is 440 g/mol. The van der Waals surface area contributed by atoms with Crippen LogP contribution in [0.5, 0.6) is 0 Å². The highest BCUT2D eigenvalue weighted by molar-refractivity contribution is 4.97. The molecule has 3 saturated heterocycles. The fourth-order valence-electron chi connectivity index (χ4n) is 3.94. The molecule has 15 nitrogen and oxygen atoms in total. The monoisotopic (exact) mass is 472 g/mol. The number of hydrogen-bond acceptors (Lipinski definition) is 15. The van der Waals surface area contributed by atoms with Crippen LogP contribution in [0.3, 0.4) is 0 Å². The first kappa shape index (κ1) is 26.0. The molecule has 3 aliphatic heterocycles. The quantitative estimate of drug-likeness (QED) is 0.165. The Labute approximate surface area is 182 Å². The fourth-order valence-corrected chi connectivity index (χ4v) is 3.94. The highest BCUT2D eigenvalue weighted by Gasteiger charge is 2.52. The van der Waals surface area contributed by atoms with Gasteiger partial charge in [0.2, 0.25) is 0 Å². The first-order chi connectivity index (χ1) is 15.1. The van der Waals surface area contributed by atoms with Crippen molar-refractivity contribution in [1.29, 1.82) is 0 Å². The largest absolute Gasteiger partial charge is 0.394 e. The average molecular weight is 472 g/mol. The van der Waals surface area contributed by atoms with Crippen molar-refractivity contribution >= 4 is 0 Å². The van der Waals surface area contributed by atoms with E-state index in [1.165, 1.54) is 0 Å². The lowest BCUT2D eigenvalue weighted by Crippen LogP contribution is -2.67. The maximum atomic E-state index is 10.7. The summed E-state index contributed by atoms with van der Waals surface area (Å²) in [5, 5.41) is 79.0. The smallest absolute Gasteiger partial charge is 0.187 e. The van der Waals surface area contributed by atoms with E-state index in [0.717, 1.165) is 0 Å². The second-order valence-electron chi connectivity index (χ2n) is 7.98. The maximum Gasteiger partial charge on any atom is 0.187 e. The maximum absolute atomic E-state index is 10.7. The molecule has 0 saturated carbocycles. The molecule has 3 rings (SSSR count). The summed E-state index contributed by atoms with van der Waals surface area (Å²) in [4.78, 5) is 0. The molecule has 3 fully saturated rings. The lowest BCUT2D eigenvalue weighted by Gasteiger charge is -2.47. The van der Waals surface area contributed by atoms with Gasteiger partial charge >= 0.3 is 0 Å². The van der Waals surface area contributed by atoms with Crippen molar-refractivity contribution in [3.63, 3.8) is 0 Å². The minimum atomic E-state index is -1.72. The van der Waals surface area contributed by atoms with Crippen molar-refractivity contribution in [3.05, 3.63) is 0 Å². The van der Waals surface area contributed by atoms with Gasteiger partial charge in [-0.05, 0) is 0 Å². The number of rotatable bonds is 7. The van der Waals surface area contributed by atoms with E-state index in [9.17, 15) is 40.9 Å². The Bertz CT molecular complexity index is 601. The first-order valence-electron chi connectivity index (χ1n) is 10.2. The van der Waals surface area contributed by atoms with Gasteiger partial charge in [-0.2, -0.15) is 0 Å². The van der Waals surface area contributed by atoms with Gasteiger partial charge in [0.25, 0.3) is 0 Å². The standard InChI is InChI=1S/C17H32N2O13/c18-1-4-13(32-17-11(25)10(24)8(22)5(2-20)30-17)9(23)7(19)16(29-4)31-14-6(3-21)28-15(27)12(14)26/h4-17,20-27H,1-3,18-19H2/t4-,5+,6+,7+,8+,9+,10-,11-,12+,13+,14+,15+,16+,17+/m0/s1. The molecule has 3 heterocycles. The second kappa shape index (κ2) is 10.8. The first-order valence-corrected chi connectivity index (χ1v) is 10.2. The zero-order chi connectivity index (χ0) is 23.7. The van der Waals surface area contributed by atoms with Gasteiger partial charge in [-0.25, -0.2) is 0 Å². The van der Waals surface area contributed by atoms with Crippen molar-refractivity contribution in [2.75, 3.05) is 19.8 Å². The fraction of sp³-hybridized carbons (Fsp3) is 1.00. The van der Waals surface area contributed by atoms with Crippen molar-refractivity contribution in [2.24, 2.45) is 11.5 Å². The van der Waals surface area contributed by atoms with Gasteiger partial charge in [0, 0.05) is 6.54 Å². The summed E-state index contributed by atoms with van der Waals surface area (Å²) in [5.74, 6) is 0. The highest BCUT2D eigenvalue weighted by atomic mass is 16.7. The zero-order valence-corrected chi connectivity index (χ0v) is 17.0. The number of nitrogens with two attached hydrogens (primary N) is 2. The molecule has 0 bridgehead atoms. The molecule has 188 valence electrons. The predicted molar refractivity (Wildman–Crippen MR) is 99.2 cm³/mol. The van der Waals surface area contributed by atoms with Crippen LogP contribution in [0.2, 0.25) is 0 Å². The average Bonchev–Trinajstić information content (AvgIpc) is 3.06. The SMILES string of the molecule is NC[C@@H]1O[C@H](O[C@H]2[C@@H](O)[C@H](O)O[C@@H]2CO)[C@H](N)[C@@H](O)[C@@H]1O[C@H]1O[C@H](CO)[C@@H](O)[C@H](O)[C@@H]1O. The van der Waals surface area contributed by atoms with Gasteiger partial charge < -0.3 is 76.0 Å². The van der Waals surface area contributed by atoms with Crippen LogP contribution in [0.25, 0.3) is 0 Å². The molecule has 14 atom stereocenters. The number of hydrogen-bond donors (Lipinski definition) is 10. The molecule has 15 heteroatoms. The Hall–Kier alpha value is -0.600. The molecule has 0 aromatic rings. The topological polar surface area (TPSA) is 260 Å². The molecule has 0 unspecified atom stereocenters. The van der Waals surface area contributed by atoms with Crippen molar-refractivity contribution in [2.45, 2.75) is 86.0 Å². The van der Waals surface area contributed by atoms with E-state index >= 15 is 0 Å². The van der Waals surface area contributed by atoms with E-state index in [-0.39, 0.29) is 6.54 Å². The predicted octanol–water partition coefficient (Wildman–Crippen LogP) is -7.00. The zero-order valence-electron chi connectivity index (χ0n) is 17.0. The summed E-state index contributed by atoms with van der Waals surface area (Å²) in [6.45, 7) is -1.47. The summed E-state index contributed by atoms with van der Waals surface area (Å²) in [5.41, 5.74) is 11.7. The van der Waals surface area contributed by atoms with E-state index in [1.807, 2.05) is 0 Å². The van der Waals surface area contributed by atoms with Crippen LogP contribution in [0.1, 0.15) is 0 Å². The van der Waals surface area contributed by atoms with E-state index < -0.39 is 99.2 Å². The lowest BCUT2D eigenvalue weighted by molar-refractivity contribution is -0.348. The number of aliphatic hydroxyl groups is 8. The van der Waals surface area contributed by atoms with Crippen LogP contribution in [0, 0.1) is 0 Å². The molecule has 3 aliphatic rings. The molecule has 0 aromatic carbocycles. The Morgan fingerprint density at radius 3 is 1.78 bits per heavy atom. The van der Waals surface area contributed by atoms with Crippen molar-refractivity contribution in [3.8, 4) is 0 Å². The normalized spacial score (nSPS) is 52.3. The van der Waals surface area contributed by atoms with Gasteiger partial charge in [-0.1, -0.05) is 0 Å². The third-order valence-electron chi connectivity index (χ3n) is 5.87. The van der Waals surface area contributed by atoms with Gasteiger partial charge in [-0.3, -0.25) is 0 Å². The van der Waals surface area contributed by atoms with E-state index in [0.29, 0.717) is 0 Å². The Morgan fingerprint density at radius 1 is 0.625 bits per heavy atom. The van der Waals surface area contributed by atoms with Gasteiger partial charge in [-0.15, -0.1) is 0 Å². The van der Waals surface area contributed by atoms with Crippen LogP contribution in [0.15, 0.2) is 0 Å². The summed E-state index contributed by atoms with van der Waals surface area (Å²) < 4.78 is 27.1. The van der Waals surface area contributed by atoms with Crippen LogP contribution in [-0.4, -0.2) is 147 Å². The lowest BCUT2D eigenvalue weighted by atomic mass is 9.95. The van der Waals surface area contributed by atoms with E-state index in [4.69, 9.17) is 35.2 Å². The third-order valence-corrected chi connectivity index (χ3v) is 5.87. The molecule has 32 heavy (non-hydrogen) atoms. The molecular formula is C17H32N2O13. The van der Waals surface area contributed by atoms with Crippen LogP contribution in [-0.2, 0) is 23.7 Å². The molecule has 0 aliphatic carbocycles. The Balaban J connectivity index is 1.70. The van der Waals surface area contributed by atoms with Crippen LogP contribution >= 0.6 is 0 Å². The van der Waals surface area contributed by atoms with Crippen LogP contribution < -0.4 is 11.5 Å². The molecule has 0 spiro atoms. The van der Waals surface area contributed by atoms with Crippen molar-refractivity contribution in [1.82, 2.24) is 0 Å². The summed E-state index contributed by atoms with van der Waals surface area (Å²) >= 11 is 0. The molecule has 0 aromatic heterocycles. The van der Waals surface area contributed by atoms with Crippen LogP contribution in [0.4, 0.5) is 0 Å². The summed E-state index contributed by atoms with van der Waals surface area (Å²) in [6.07, 6.45) is -18.4. The Kier molecular flexibility index (Phi) is 8.75. The molecule has 12 N–H and O–H groups in total. The third kappa shape index (κ3) is 4.92. The highest BCUT2D eigenvalue weighted by Crippen LogP contribution is 2.31. The van der Waals surface area contributed by atoms with E-state index in [2.05, 4.69) is 0 Å².